The summed E-state index contributed by atoms with van der Waals surface area (Å²) in [5.41, 5.74) is 1.56. The molecule has 1 saturated carbocycles. The van der Waals surface area contributed by atoms with Crippen LogP contribution in [0.1, 0.15) is 25.7 Å². The topological polar surface area (TPSA) is 93.1 Å². The molecule has 2 fully saturated rings. The first-order valence-electron chi connectivity index (χ1n) is 10.6. The lowest BCUT2D eigenvalue weighted by atomic mass is 9.78. The summed E-state index contributed by atoms with van der Waals surface area (Å²) in [6, 6.07) is 15.6. The monoisotopic (exact) mass is 416 g/mol. The van der Waals surface area contributed by atoms with E-state index in [9.17, 15) is 4.79 Å². The molecule has 2 aromatic heterocycles. The van der Waals surface area contributed by atoms with Gasteiger partial charge in [0, 0.05) is 24.5 Å². The highest BCUT2D eigenvalue weighted by Gasteiger charge is 2.48. The Hall–Kier alpha value is -3.55. The van der Waals surface area contributed by atoms with E-state index in [2.05, 4.69) is 25.5 Å². The van der Waals surface area contributed by atoms with Gasteiger partial charge in [-0.1, -0.05) is 30.3 Å². The zero-order valence-electron chi connectivity index (χ0n) is 17.1. The Morgan fingerprint density at radius 3 is 2.68 bits per heavy atom. The predicted octanol–water partition coefficient (Wildman–Crippen LogP) is 3.93. The van der Waals surface area contributed by atoms with Gasteiger partial charge >= 0.3 is 6.09 Å². The molecule has 1 aliphatic heterocycles. The maximum absolute atomic E-state index is 12.4. The molecule has 1 amide bonds. The lowest BCUT2D eigenvalue weighted by Crippen LogP contribution is -2.39. The standard InChI is InChI=1S/C23H24N6O2/c30-22-29(20-7-4-13-26-28-20)16-23(31-22)11-8-17(9-12-23)15-25-21-24-14-10-19(27-21)18-5-2-1-3-6-18/h1-7,10,13-14,17H,8-9,11-12,15-16H2,(H,24,25,27). The highest BCUT2D eigenvalue weighted by atomic mass is 16.6. The lowest BCUT2D eigenvalue weighted by molar-refractivity contribution is 0.0148. The average Bonchev–Trinajstić information content (AvgIpc) is 3.16. The van der Waals surface area contributed by atoms with E-state index in [1.54, 1.807) is 29.4 Å². The molecule has 158 valence electrons. The van der Waals surface area contributed by atoms with Crippen molar-refractivity contribution in [3.8, 4) is 11.3 Å². The molecule has 8 heteroatoms. The molecule has 0 radical (unpaired) electrons. The van der Waals surface area contributed by atoms with E-state index in [-0.39, 0.29) is 6.09 Å². The van der Waals surface area contributed by atoms with Crippen molar-refractivity contribution in [2.45, 2.75) is 31.3 Å². The number of benzene rings is 1. The van der Waals surface area contributed by atoms with E-state index in [4.69, 9.17) is 4.74 Å². The SMILES string of the molecule is O=C1OC2(CCC(CNc3nccc(-c4ccccc4)n3)CC2)CN1c1cccnn1. The van der Waals surface area contributed by atoms with E-state index < -0.39 is 5.60 Å². The van der Waals surface area contributed by atoms with Crippen LogP contribution in [-0.2, 0) is 4.74 Å². The number of rotatable bonds is 5. The molecule has 0 bridgehead atoms. The van der Waals surface area contributed by atoms with Gasteiger partial charge in [0.15, 0.2) is 5.82 Å². The quantitative estimate of drug-likeness (QED) is 0.673. The van der Waals surface area contributed by atoms with E-state index in [1.807, 2.05) is 36.4 Å². The molecule has 5 rings (SSSR count). The summed E-state index contributed by atoms with van der Waals surface area (Å²) in [6.07, 6.45) is 6.69. The maximum atomic E-state index is 12.4. The minimum atomic E-state index is -0.422. The molecule has 8 nitrogen and oxygen atoms in total. The summed E-state index contributed by atoms with van der Waals surface area (Å²) in [5.74, 6) is 1.67. The third-order valence-electron chi connectivity index (χ3n) is 6.10. The Bertz CT molecular complexity index is 1040. The van der Waals surface area contributed by atoms with Gasteiger partial charge in [0.05, 0.1) is 12.2 Å². The van der Waals surface area contributed by atoms with E-state index >= 15 is 0 Å². The van der Waals surface area contributed by atoms with Crippen molar-refractivity contribution in [2.24, 2.45) is 5.92 Å². The van der Waals surface area contributed by atoms with Gasteiger partial charge in [-0.05, 0) is 49.8 Å². The Labute approximate surface area is 180 Å². The van der Waals surface area contributed by atoms with Crippen LogP contribution < -0.4 is 10.2 Å². The van der Waals surface area contributed by atoms with Crippen LogP contribution in [0.15, 0.2) is 60.9 Å². The minimum Gasteiger partial charge on any atom is -0.441 e. The molecular formula is C23H24N6O2. The number of ether oxygens (including phenoxy) is 1. The summed E-state index contributed by atoms with van der Waals surface area (Å²) in [6.45, 7) is 1.34. The third-order valence-corrected chi connectivity index (χ3v) is 6.10. The van der Waals surface area contributed by atoms with Crippen molar-refractivity contribution in [2.75, 3.05) is 23.3 Å². The van der Waals surface area contributed by atoms with Gasteiger partial charge < -0.3 is 10.1 Å². The zero-order valence-corrected chi connectivity index (χ0v) is 17.1. The first-order chi connectivity index (χ1) is 15.2. The molecule has 0 unspecified atom stereocenters. The summed E-state index contributed by atoms with van der Waals surface area (Å²) in [4.78, 5) is 23.0. The van der Waals surface area contributed by atoms with Gasteiger partial charge in [-0.2, -0.15) is 5.10 Å². The van der Waals surface area contributed by atoms with E-state index in [0.29, 0.717) is 24.2 Å². The van der Waals surface area contributed by atoms with Crippen LogP contribution in [0.2, 0.25) is 0 Å². The molecule has 2 aliphatic rings. The van der Waals surface area contributed by atoms with Crippen molar-refractivity contribution in [1.29, 1.82) is 0 Å². The molecule has 3 aromatic rings. The second-order valence-electron chi connectivity index (χ2n) is 8.17. The molecule has 1 spiro atoms. The first kappa shape index (κ1) is 19.4. The number of carbonyl (C=O) groups is 1. The number of hydrogen-bond donors (Lipinski definition) is 1. The fourth-order valence-electron chi connectivity index (χ4n) is 4.35. The Morgan fingerprint density at radius 1 is 1.06 bits per heavy atom. The van der Waals surface area contributed by atoms with Gasteiger partial charge in [0.2, 0.25) is 5.95 Å². The minimum absolute atomic E-state index is 0.330. The van der Waals surface area contributed by atoms with Crippen LogP contribution in [-0.4, -0.2) is 44.9 Å². The van der Waals surface area contributed by atoms with Gasteiger partial charge in [0.1, 0.15) is 5.60 Å². The molecule has 0 atom stereocenters. The van der Waals surface area contributed by atoms with Crippen molar-refractivity contribution in [3.05, 3.63) is 60.9 Å². The number of aromatic nitrogens is 4. The van der Waals surface area contributed by atoms with Gasteiger partial charge in [-0.25, -0.2) is 14.8 Å². The van der Waals surface area contributed by atoms with E-state index in [0.717, 1.165) is 43.5 Å². The van der Waals surface area contributed by atoms with Gasteiger partial charge in [0.25, 0.3) is 0 Å². The van der Waals surface area contributed by atoms with Crippen LogP contribution in [0, 0.1) is 5.92 Å². The second kappa shape index (κ2) is 8.29. The molecule has 1 saturated heterocycles. The van der Waals surface area contributed by atoms with Crippen LogP contribution in [0.25, 0.3) is 11.3 Å². The average molecular weight is 416 g/mol. The number of anilines is 2. The summed E-state index contributed by atoms with van der Waals surface area (Å²) in [5, 5.41) is 11.3. The van der Waals surface area contributed by atoms with Crippen LogP contribution in [0.5, 0.6) is 0 Å². The molecule has 31 heavy (non-hydrogen) atoms. The second-order valence-corrected chi connectivity index (χ2v) is 8.17. The van der Waals surface area contributed by atoms with Crippen molar-refractivity contribution < 1.29 is 9.53 Å². The predicted molar refractivity (Wildman–Crippen MR) is 117 cm³/mol. The number of hydrogen-bond acceptors (Lipinski definition) is 7. The van der Waals surface area contributed by atoms with Gasteiger partial charge in [-0.3, -0.25) is 4.90 Å². The third kappa shape index (κ3) is 4.19. The van der Waals surface area contributed by atoms with Gasteiger partial charge in [-0.15, -0.1) is 5.10 Å². The fourth-order valence-corrected chi connectivity index (χ4v) is 4.35. The molecule has 1 aliphatic carbocycles. The first-order valence-corrected chi connectivity index (χ1v) is 10.6. The van der Waals surface area contributed by atoms with Crippen molar-refractivity contribution >= 4 is 17.9 Å². The highest BCUT2D eigenvalue weighted by molar-refractivity contribution is 5.89. The molecule has 3 heterocycles. The molecular weight excluding hydrogens is 392 g/mol. The van der Waals surface area contributed by atoms with Crippen LogP contribution >= 0.6 is 0 Å². The summed E-state index contributed by atoms with van der Waals surface area (Å²) >= 11 is 0. The summed E-state index contributed by atoms with van der Waals surface area (Å²) < 4.78 is 5.81. The Balaban J connectivity index is 1.16. The number of nitrogens with one attached hydrogen (secondary N) is 1. The van der Waals surface area contributed by atoms with E-state index in [1.165, 1.54) is 0 Å². The smallest absolute Gasteiger partial charge is 0.416 e. The largest absolute Gasteiger partial charge is 0.441 e. The van der Waals surface area contributed by atoms with Crippen molar-refractivity contribution in [3.63, 3.8) is 0 Å². The van der Waals surface area contributed by atoms with Crippen LogP contribution in [0.3, 0.4) is 0 Å². The van der Waals surface area contributed by atoms with Crippen LogP contribution in [0.4, 0.5) is 16.6 Å². The fraction of sp³-hybridized carbons (Fsp3) is 0.348. The Morgan fingerprint density at radius 2 is 1.90 bits per heavy atom. The molecule has 1 aromatic carbocycles. The normalized spacial score (nSPS) is 23.0. The molecule has 1 N–H and O–H groups in total. The number of amides is 1. The number of nitrogens with zero attached hydrogens (tertiary/aromatic N) is 5. The number of carbonyl (C=O) groups excluding carboxylic acids is 1. The lowest BCUT2D eigenvalue weighted by Gasteiger charge is -2.35. The van der Waals surface area contributed by atoms with Crippen molar-refractivity contribution in [1.82, 2.24) is 20.2 Å². The Kier molecular flexibility index (Phi) is 5.19. The summed E-state index contributed by atoms with van der Waals surface area (Å²) in [7, 11) is 0. The maximum Gasteiger partial charge on any atom is 0.416 e. The highest BCUT2D eigenvalue weighted by Crippen LogP contribution is 2.40. The zero-order chi connectivity index (χ0) is 21.1.